The number of halogens is 1. The highest BCUT2D eigenvalue weighted by atomic mass is 35.5. The Bertz CT molecular complexity index is 1320. The Hall–Kier alpha value is -3.63. The van der Waals surface area contributed by atoms with Crippen molar-refractivity contribution >= 4 is 34.2 Å². The molecule has 1 atom stereocenters. The molecule has 5 heteroatoms. The smallest absolute Gasteiger partial charge is 0.243 e. The summed E-state index contributed by atoms with van der Waals surface area (Å²) in [6.07, 6.45) is 1.31. The average molecular weight is 499 g/mol. The van der Waals surface area contributed by atoms with E-state index in [4.69, 9.17) is 11.6 Å². The van der Waals surface area contributed by atoms with Crippen molar-refractivity contribution in [1.82, 2.24) is 10.2 Å². The SMILES string of the molecule is CCNC(=O)C(Cc1ccccc1)N(Cc1ccccc1Cl)C(=O)CCc1cccc2ccccc12. The van der Waals surface area contributed by atoms with Crippen molar-refractivity contribution in [2.75, 3.05) is 6.54 Å². The molecule has 36 heavy (non-hydrogen) atoms. The zero-order valence-electron chi connectivity index (χ0n) is 20.5. The molecule has 2 amide bonds. The summed E-state index contributed by atoms with van der Waals surface area (Å²) in [5.41, 5.74) is 2.94. The van der Waals surface area contributed by atoms with E-state index in [0.717, 1.165) is 27.5 Å². The van der Waals surface area contributed by atoms with Gasteiger partial charge in [-0.2, -0.15) is 0 Å². The van der Waals surface area contributed by atoms with Crippen molar-refractivity contribution in [3.8, 4) is 0 Å². The van der Waals surface area contributed by atoms with E-state index in [9.17, 15) is 9.59 Å². The Morgan fingerprint density at radius 1 is 0.833 bits per heavy atom. The number of rotatable bonds is 10. The lowest BCUT2D eigenvalue weighted by Crippen LogP contribution is -2.50. The summed E-state index contributed by atoms with van der Waals surface area (Å²) < 4.78 is 0. The van der Waals surface area contributed by atoms with Gasteiger partial charge in [0.2, 0.25) is 11.8 Å². The van der Waals surface area contributed by atoms with Gasteiger partial charge in [-0.05, 0) is 46.9 Å². The molecule has 0 saturated carbocycles. The fourth-order valence-corrected chi connectivity index (χ4v) is 4.75. The summed E-state index contributed by atoms with van der Waals surface area (Å²) in [5.74, 6) is -0.234. The third-order valence-electron chi connectivity index (χ3n) is 6.41. The van der Waals surface area contributed by atoms with E-state index in [1.807, 2.05) is 79.7 Å². The fourth-order valence-electron chi connectivity index (χ4n) is 4.55. The Labute approximate surface area is 217 Å². The summed E-state index contributed by atoms with van der Waals surface area (Å²) in [6, 6.07) is 31.0. The van der Waals surface area contributed by atoms with Crippen LogP contribution in [0.3, 0.4) is 0 Å². The van der Waals surface area contributed by atoms with E-state index < -0.39 is 6.04 Å². The number of amides is 2. The van der Waals surface area contributed by atoms with Gasteiger partial charge in [0.1, 0.15) is 6.04 Å². The number of fused-ring (bicyclic) bond motifs is 1. The first-order valence-corrected chi connectivity index (χ1v) is 12.8. The van der Waals surface area contributed by atoms with Gasteiger partial charge in [-0.25, -0.2) is 0 Å². The summed E-state index contributed by atoms with van der Waals surface area (Å²) in [4.78, 5) is 28.8. The second kappa shape index (κ2) is 12.4. The Morgan fingerprint density at radius 2 is 1.50 bits per heavy atom. The van der Waals surface area contributed by atoms with Gasteiger partial charge >= 0.3 is 0 Å². The first-order valence-electron chi connectivity index (χ1n) is 12.4. The monoisotopic (exact) mass is 498 g/mol. The van der Waals surface area contributed by atoms with Crippen LogP contribution in [0.25, 0.3) is 10.8 Å². The number of carbonyl (C=O) groups excluding carboxylic acids is 2. The lowest BCUT2D eigenvalue weighted by molar-refractivity contribution is -0.141. The van der Waals surface area contributed by atoms with Crippen LogP contribution >= 0.6 is 11.6 Å². The summed E-state index contributed by atoms with van der Waals surface area (Å²) in [6.45, 7) is 2.65. The maximum Gasteiger partial charge on any atom is 0.243 e. The van der Waals surface area contributed by atoms with Gasteiger partial charge in [0.25, 0.3) is 0 Å². The van der Waals surface area contributed by atoms with Gasteiger partial charge in [0.05, 0.1) is 0 Å². The number of nitrogens with zero attached hydrogens (tertiary/aromatic N) is 1. The number of benzene rings is 4. The molecule has 0 spiro atoms. The van der Waals surface area contributed by atoms with E-state index in [0.29, 0.717) is 30.8 Å². The molecule has 4 aromatic rings. The maximum atomic E-state index is 13.8. The van der Waals surface area contributed by atoms with Gasteiger partial charge in [-0.15, -0.1) is 0 Å². The molecular formula is C31H31ClN2O2. The lowest BCUT2D eigenvalue weighted by atomic mass is 9.99. The van der Waals surface area contributed by atoms with Crippen LogP contribution in [-0.4, -0.2) is 29.3 Å². The number of carbonyl (C=O) groups is 2. The molecule has 1 N–H and O–H groups in total. The van der Waals surface area contributed by atoms with Gasteiger partial charge < -0.3 is 10.2 Å². The molecule has 0 bridgehead atoms. The zero-order chi connectivity index (χ0) is 25.3. The number of likely N-dealkylation sites (N-methyl/N-ethyl adjacent to an activating group) is 1. The van der Waals surface area contributed by atoms with E-state index in [2.05, 4.69) is 29.6 Å². The van der Waals surface area contributed by atoms with Crippen LogP contribution in [0, 0.1) is 0 Å². The third-order valence-corrected chi connectivity index (χ3v) is 6.78. The van der Waals surface area contributed by atoms with Gasteiger partial charge in [-0.1, -0.05) is 103 Å². The summed E-state index contributed by atoms with van der Waals surface area (Å²) in [7, 11) is 0. The van der Waals surface area contributed by atoms with Crippen LogP contribution in [0.1, 0.15) is 30.0 Å². The van der Waals surface area contributed by atoms with Crippen LogP contribution in [0.4, 0.5) is 0 Å². The number of nitrogens with one attached hydrogen (secondary N) is 1. The van der Waals surface area contributed by atoms with Crippen LogP contribution in [0.5, 0.6) is 0 Å². The number of aryl methyl sites for hydroxylation is 1. The van der Waals surface area contributed by atoms with Crippen LogP contribution < -0.4 is 5.32 Å². The van der Waals surface area contributed by atoms with Crippen molar-refractivity contribution in [1.29, 1.82) is 0 Å². The van der Waals surface area contributed by atoms with Crippen LogP contribution in [0.2, 0.25) is 5.02 Å². The minimum Gasteiger partial charge on any atom is -0.355 e. The molecule has 184 valence electrons. The second-order valence-electron chi connectivity index (χ2n) is 8.85. The zero-order valence-corrected chi connectivity index (χ0v) is 21.2. The minimum atomic E-state index is -0.649. The highest BCUT2D eigenvalue weighted by Crippen LogP contribution is 2.23. The summed E-state index contributed by atoms with van der Waals surface area (Å²) in [5, 5.41) is 5.82. The number of hydrogen-bond acceptors (Lipinski definition) is 2. The molecule has 0 aliphatic rings. The van der Waals surface area contributed by atoms with Crippen molar-refractivity contribution in [2.45, 2.75) is 38.8 Å². The normalized spacial score (nSPS) is 11.7. The first kappa shape index (κ1) is 25.5. The highest BCUT2D eigenvalue weighted by Gasteiger charge is 2.30. The molecule has 4 rings (SSSR count). The standard InChI is InChI=1S/C31H31ClN2O2/c1-2-33-31(36)29(21-23-11-4-3-5-12-23)34(22-26-14-7-9-18-28(26)32)30(35)20-19-25-16-10-15-24-13-6-8-17-27(24)25/h3-18,29H,2,19-22H2,1H3,(H,33,36). The molecule has 0 aliphatic carbocycles. The van der Waals surface area contributed by atoms with Crippen LogP contribution in [-0.2, 0) is 29.0 Å². The Kier molecular flexibility index (Phi) is 8.75. The Balaban J connectivity index is 1.64. The predicted molar refractivity (Wildman–Crippen MR) is 147 cm³/mol. The van der Waals surface area contributed by atoms with Crippen molar-refractivity contribution in [3.05, 3.63) is 119 Å². The Morgan fingerprint density at radius 3 is 2.28 bits per heavy atom. The molecule has 0 aliphatic heterocycles. The maximum absolute atomic E-state index is 13.8. The first-order chi connectivity index (χ1) is 17.6. The van der Waals surface area contributed by atoms with Crippen molar-refractivity contribution in [2.24, 2.45) is 0 Å². The van der Waals surface area contributed by atoms with E-state index in [1.54, 1.807) is 4.90 Å². The number of hydrogen-bond donors (Lipinski definition) is 1. The largest absolute Gasteiger partial charge is 0.355 e. The van der Waals surface area contributed by atoms with E-state index >= 15 is 0 Å². The van der Waals surface area contributed by atoms with Crippen molar-refractivity contribution in [3.63, 3.8) is 0 Å². The minimum absolute atomic E-state index is 0.0740. The third kappa shape index (κ3) is 6.32. The summed E-state index contributed by atoms with van der Waals surface area (Å²) >= 11 is 6.48. The quantitative estimate of drug-likeness (QED) is 0.283. The topological polar surface area (TPSA) is 49.4 Å². The van der Waals surface area contributed by atoms with E-state index in [1.165, 1.54) is 0 Å². The molecular weight excluding hydrogens is 468 g/mol. The molecule has 4 nitrogen and oxygen atoms in total. The average Bonchev–Trinajstić information content (AvgIpc) is 2.91. The fraction of sp³-hybridized carbons (Fsp3) is 0.226. The van der Waals surface area contributed by atoms with Gasteiger partial charge in [-0.3, -0.25) is 9.59 Å². The molecule has 0 saturated heterocycles. The second-order valence-corrected chi connectivity index (χ2v) is 9.26. The molecule has 4 aromatic carbocycles. The van der Waals surface area contributed by atoms with Gasteiger partial charge in [0, 0.05) is 31.0 Å². The van der Waals surface area contributed by atoms with E-state index in [-0.39, 0.29) is 18.4 Å². The molecule has 0 fully saturated rings. The molecule has 0 aromatic heterocycles. The van der Waals surface area contributed by atoms with Crippen LogP contribution in [0.15, 0.2) is 97.1 Å². The highest BCUT2D eigenvalue weighted by molar-refractivity contribution is 6.31. The van der Waals surface area contributed by atoms with Crippen molar-refractivity contribution < 1.29 is 9.59 Å². The molecule has 0 heterocycles. The molecule has 1 unspecified atom stereocenters. The molecule has 0 radical (unpaired) electrons. The van der Waals surface area contributed by atoms with Gasteiger partial charge in [0.15, 0.2) is 0 Å². The lowest BCUT2D eigenvalue weighted by Gasteiger charge is -2.32. The predicted octanol–water partition coefficient (Wildman–Crippen LogP) is 6.20.